The molecule has 0 saturated carbocycles. The molecule has 0 atom stereocenters. The molecule has 18 heavy (non-hydrogen) atoms. The third-order valence-electron chi connectivity index (χ3n) is 2.67. The summed E-state index contributed by atoms with van der Waals surface area (Å²) in [5.41, 5.74) is 1.28. The quantitative estimate of drug-likeness (QED) is 0.750. The molecule has 0 fully saturated rings. The summed E-state index contributed by atoms with van der Waals surface area (Å²) in [7, 11) is 0. The van der Waals surface area contributed by atoms with Gasteiger partial charge in [0.15, 0.2) is 17.4 Å². The van der Waals surface area contributed by atoms with Crippen LogP contribution in [0.5, 0.6) is 0 Å². The maximum absolute atomic E-state index is 13.7. The minimum absolute atomic E-state index is 0.132. The summed E-state index contributed by atoms with van der Waals surface area (Å²) in [6.07, 6.45) is 4.78. The summed E-state index contributed by atoms with van der Waals surface area (Å²) in [6.45, 7) is 0. The molecule has 0 saturated heterocycles. The minimum Gasteiger partial charge on any atom is -0.367 e. The molecule has 0 bridgehead atoms. The number of hydrogen-bond donors (Lipinski definition) is 1. The van der Waals surface area contributed by atoms with Crippen LogP contribution in [0.2, 0.25) is 0 Å². The molecule has 0 aliphatic rings. The van der Waals surface area contributed by atoms with Gasteiger partial charge in [-0.25, -0.2) is 8.78 Å². The standard InChI is InChI=1S/C13H8F2N2O/c14-11-3-1-2-9(12(11)15)10-7-17-18-13(10)8-4-5-16-6-8/h1-7,16H. The van der Waals surface area contributed by atoms with Gasteiger partial charge in [-0.3, -0.25) is 0 Å². The summed E-state index contributed by atoms with van der Waals surface area (Å²) in [5, 5.41) is 3.65. The van der Waals surface area contributed by atoms with Crippen molar-refractivity contribution in [2.75, 3.05) is 0 Å². The molecule has 5 heteroatoms. The van der Waals surface area contributed by atoms with Gasteiger partial charge in [0, 0.05) is 23.5 Å². The number of aromatic nitrogens is 2. The Bertz CT molecular complexity index is 674. The average molecular weight is 246 g/mol. The van der Waals surface area contributed by atoms with Crippen molar-refractivity contribution in [1.82, 2.24) is 10.1 Å². The van der Waals surface area contributed by atoms with Gasteiger partial charge in [0.25, 0.3) is 0 Å². The van der Waals surface area contributed by atoms with Gasteiger partial charge in [-0.05, 0) is 12.1 Å². The lowest BCUT2D eigenvalue weighted by Gasteiger charge is -2.02. The molecule has 1 aromatic carbocycles. The second-order valence-corrected chi connectivity index (χ2v) is 3.77. The first-order valence-electron chi connectivity index (χ1n) is 5.29. The molecule has 0 aliphatic carbocycles. The maximum Gasteiger partial charge on any atom is 0.176 e. The van der Waals surface area contributed by atoms with Crippen LogP contribution in [0.15, 0.2) is 47.4 Å². The average Bonchev–Trinajstić information content (AvgIpc) is 3.01. The van der Waals surface area contributed by atoms with Crippen molar-refractivity contribution in [1.29, 1.82) is 0 Å². The predicted octanol–water partition coefficient (Wildman–Crippen LogP) is 3.61. The maximum atomic E-state index is 13.7. The van der Waals surface area contributed by atoms with Gasteiger partial charge >= 0.3 is 0 Å². The van der Waals surface area contributed by atoms with Gasteiger partial charge < -0.3 is 9.51 Å². The zero-order chi connectivity index (χ0) is 12.5. The second kappa shape index (κ2) is 4.10. The molecule has 3 aromatic rings. The van der Waals surface area contributed by atoms with E-state index in [9.17, 15) is 8.78 Å². The molecule has 3 rings (SSSR count). The van der Waals surface area contributed by atoms with E-state index in [0.29, 0.717) is 11.3 Å². The molecule has 0 radical (unpaired) electrons. The largest absolute Gasteiger partial charge is 0.367 e. The molecule has 2 aromatic heterocycles. The third kappa shape index (κ3) is 1.60. The first kappa shape index (κ1) is 10.7. The predicted molar refractivity (Wildman–Crippen MR) is 61.6 cm³/mol. The molecule has 90 valence electrons. The zero-order valence-corrected chi connectivity index (χ0v) is 9.15. The van der Waals surface area contributed by atoms with E-state index in [2.05, 4.69) is 10.1 Å². The van der Waals surface area contributed by atoms with Crippen molar-refractivity contribution in [3.05, 3.63) is 54.5 Å². The number of hydrogen-bond acceptors (Lipinski definition) is 2. The zero-order valence-electron chi connectivity index (χ0n) is 9.15. The van der Waals surface area contributed by atoms with Crippen LogP contribution in [0.1, 0.15) is 0 Å². The van der Waals surface area contributed by atoms with Gasteiger partial charge in [-0.2, -0.15) is 0 Å². The molecule has 0 spiro atoms. The van der Waals surface area contributed by atoms with Gasteiger partial charge in [-0.1, -0.05) is 17.3 Å². The summed E-state index contributed by atoms with van der Waals surface area (Å²) < 4.78 is 32.0. The van der Waals surface area contributed by atoms with E-state index in [1.54, 1.807) is 18.5 Å². The Morgan fingerprint density at radius 1 is 1.11 bits per heavy atom. The van der Waals surface area contributed by atoms with Gasteiger partial charge in [0.1, 0.15) is 0 Å². The first-order chi connectivity index (χ1) is 8.77. The van der Waals surface area contributed by atoms with Crippen LogP contribution < -0.4 is 0 Å². The van der Waals surface area contributed by atoms with E-state index >= 15 is 0 Å². The van der Waals surface area contributed by atoms with Crippen molar-refractivity contribution in [3.63, 3.8) is 0 Å². The Hall–Kier alpha value is -2.43. The Balaban J connectivity index is 2.19. The van der Waals surface area contributed by atoms with Crippen molar-refractivity contribution < 1.29 is 13.3 Å². The van der Waals surface area contributed by atoms with E-state index in [1.807, 2.05) is 0 Å². The van der Waals surface area contributed by atoms with E-state index in [1.165, 1.54) is 18.3 Å². The third-order valence-corrected chi connectivity index (χ3v) is 2.67. The van der Waals surface area contributed by atoms with E-state index in [4.69, 9.17) is 4.52 Å². The number of H-pyrrole nitrogens is 1. The van der Waals surface area contributed by atoms with E-state index < -0.39 is 11.6 Å². The fourth-order valence-corrected chi connectivity index (χ4v) is 1.82. The highest BCUT2D eigenvalue weighted by Gasteiger charge is 2.17. The smallest absolute Gasteiger partial charge is 0.176 e. The highest BCUT2D eigenvalue weighted by atomic mass is 19.2. The molecule has 3 nitrogen and oxygen atoms in total. The fraction of sp³-hybridized carbons (Fsp3) is 0. The van der Waals surface area contributed by atoms with Crippen LogP contribution in [-0.4, -0.2) is 10.1 Å². The van der Waals surface area contributed by atoms with Gasteiger partial charge in [-0.15, -0.1) is 0 Å². The van der Waals surface area contributed by atoms with Crippen LogP contribution in [0.25, 0.3) is 22.5 Å². The number of benzene rings is 1. The monoisotopic (exact) mass is 246 g/mol. The minimum atomic E-state index is -0.905. The summed E-state index contributed by atoms with van der Waals surface area (Å²) in [5.74, 6) is -1.40. The summed E-state index contributed by atoms with van der Waals surface area (Å²) >= 11 is 0. The highest BCUT2D eigenvalue weighted by Crippen LogP contribution is 2.33. The van der Waals surface area contributed by atoms with Crippen LogP contribution in [-0.2, 0) is 0 Å². The Morgan fingerprint density at radius 3 is 2.78 bits per heavy atom. The topological polar surface area (TPSA) is 41.8 Å². The van der Waals surface area contributed by atoms with Gasteiger partial charge in [0.2, 0.25) is 0 Å². The van der Waals surface area contributed by atoms with E-state index in [0.717, 1.165) is 11.6 Å². The molecular weight excluding hydrogens is 238 g/mol. The lowest BCUT2D eigenvalue weighted by molar-refractivity contribution is 0.432. The van der Waals surface area contributed by atoms with E-state index in [-0.39, 0.29) is 5.56 Å². The first-order valence-corrected chi connectivity index (χ1v) is 5.29. The number of nitrogens with zero attached hydrogens (tertiary/aromatic N) is 1. The second-order valence-electron chi connectivity index (χ2n) is 3.77. The number of rotatable bonds is 2. The van der Waals surface area contributed by atoms with Gasteiger partial charge in [0.05, 0.1) is 11.8 Å². The molecule has 0 amide bonds. The Morgan fingerprint density at radius 2 is 2.00 bits per heavy atom. The van der Waals surface area contributed by atoms with Crippen molar-refractivity contribution in [2.45, 2.75) is 0 Å². The molecule has 0 aliphatic heterocycles. The fourth-order valence-electron chi connectivity index (χ4n) is 1.82. The van der Waals surface area contributed by atoms with Crippen LogP contribution in [0.4, 0.5) is 8.78 Å². The molecule has 0 unspecified atom stereocenters. The number of halogens is 2. The molecule has 1 N–H and O–H groups in total. The highest BCUT2D eigenvalue weighted by molar-refractivity contribution is 5.78. The summed E-state index contributed by atoms with van der Waals surface area (Å²) in [6, 6.07) is 5.77. The van der Waals surface area contributed by atoms with Crippen LogP contribution in [0, 0.1) is 11.6 Å². The summed E-state index contributed by atoms with van der Waals surface area (Å²) in [4.78, 5) is 2.87. The lowest BCUT2D eigenvalue weighted by Crippen LogP contribution is -1.89. The number of aromatic amines is 1. The van der Waals surface area contributed by atoms with Crippen molar-refractivity contribution in [2.24, 2.45) is 0 Å². The molecule has 2 heterocycles. The number of nitrogens with one attached hydrogen (secondary N) is 1. The Kier molecular flexibility index (Phi) is 2.44. The lowest BCUT2D eigenvalue weighted by atomic mass is 10.0. The molecular formula is C13H8F2N2O. The normalized spacial score (nSPS) is 10.8. The van der Waals surface area contributed by atoms with Crippen molar-refractivity contribution >= 4 is 0 Å². The SMILES string of the molecule is Fc1cccc(-c2cnoc2-c2cc[nH]c2)c1F. The van der Waals surface area contributed by atoms with Crippen LogP contribution in [0.3, 0.4) is 0 Å². The van der Waals surface area contributed by atoms with Crippen LogP contribution >= 0.6 is 0 Å². The van der Waals surface area contributed by atoms with Crippen molar-refractivity contribution in [3.8, 4) is 22.5 Å². The Labute approximate surface area is 101 Å².